The number of anilines is 1. The molecule has 0 heterocycles. The summed E-state index contributed by atoms with van der Waals surface area (Å²) in [7, 11) is -4.02. The highest BCUT2D eigenvalue weighted by molar-refractivity contribution is 7.92. The molecule has 0 aliphatic rings. The van der Waals surface area contributed by atoms with Crippen LogP contribution < -0.4 is 9.62 Å². The molecule has 10 nitrogen and oxygen atoms in total. The first-order chi connectivity index (χ1) is 18.5. The lowest BCUT2D eigenvalue weighted by atomic mass is 10.0. The van der Waals surface area contributed by atoms with Gasteiger partial charge >= 0.3 is 0 Å². The summed E-state index contributed by atoms with van der Waals surface area (Å²) in [6.45, 7) is 3.47. The Bertz CT molecular complexity index is 1410. The van der Waals surface area contributed by atoms with E-state index < -0.39 is 33.4 Å². The van der Waals surface area contributed by atoms with Gasteiger partial charge in [0.1, 0.15) is 12.6 Å². The summed E-state index contributed by atoms with van der Waals surface area (Å²) in [5.74, 6) is -0.997. The molecule has 0 saturated heterocycles. The second kappa shape index (κ2) is 13.0. The SMILES string of the molecule is CCNC(=O)C(Cc1ccccc1)N(Cc1ccc(C)cc1)C(=O)CN(c1cccc([N+](=O)[O-])c1)S(C)(=O)=O. The number of sulfonamides is 1. The molecule has 3 aromatic carbocycles. The van der Waals surface area contributed by atoms with Gasteiger partial charge in [-0.2, -0.15) is 0 Å². The Labute approximate surface area is 228 Å². The molecule has 0 aliphatic heterocycles. The molecule has 3 aromatic rings. The van der Waals surface area contributed by atoms with E-state index in [-0.39, 0.29) is 30.2 Å². The maximum Gasteiger partial charge on any atom is 0.271 e. The molecular formula is C28H32N4O6S. The molecule has 0 spiro atoms. The Morgan fingerprint density at radius 2 is 1.64 bits per heavy atom. The van der Waals surface area contributed by atoms with Crippen molar-refractivity contribution >= 4 is 33.2 Å². The predicted octanol–water partition coefficient (Wildman–Crippen LogP) is 3.45. The minimum Gasteiger partial charge on any atom is -0.355 e. The number of non-ortho nitro benzene ring substituents is 1. The highest BCUT2D eigenvalue weighted by Crippen LogP contribution is 2.24. The van der Waals surface area contributed by atoms with Crippen molar-refractivity contribution in [2.75, 3.05) is 23.7 Å². The van der Waals surface area contributed by atoms with Gasteiger partial charge < -0.3 is 10.2 Å². The molecule has 0 aromatic heterocycles. The molecule has 3 rings (SSSR count). The maximum absolute atomic E-state index is 13.9. The number of benzene rings is 3. The first kappa shape index (κ1) is 29.3. The van der Waals surface area contributed by atoms with E-state index in [1.165, 1.54) is 23.1 Å². The van der Waals surface area contributed by atoms with Crippen LogP contribution in [0.25, 0.3) is 0 Å². The van der Waals surface area contributed by atoms with E-state index in [1.807, 2.05) is 61.5 Å². The fraction of sp³-hybridized carbons (Fsp3) is 0.286. The van der Waals surface area contributed by atoms with Crippen LogP contribution in [0.1, 0.15) is 23.6 Å². The number of carbonyl (C=O) groups is 2. The smallest absolute Gasteiger partial charge is 0.271 e. The van der Waals surface area contributed by atoms with Crippen LogP contribution >= 0.6 is 0 Å². The van der Waals surface area contributed by atoms with Gasteiger partial charge in [-0.15, -0.1) is 0 Å². The van der Waals surface area contributed by atoms with Crippen molar-refractivity contribution < 1.29 is 22.9 Å². The maximum atomic E-state index is 13.9. The average molecular weight is 553 g/mol. The Hall–Kier alpha value is -4.25. The van der Waals surface area contributed by atoms with E-state index in [0.717, 1.165) is 33.3 Å². The molecule has 1 unspecified atom stereocenters. The number of amides is 2. The second-order valence-corrected chi connectivity index (χ2v) is 11.1. The molecule has 0 saturated carbocycles. The van der Waals surface area contributed by atoms with Crippen LogP contribution in [0.4, 0.5) is 11.4 Å². The number of nitro benzene ring substituents is 1. The van der Waals surface area contributed by atoms with Crippen molar-refractivity contribution in [3.63, 3.8) is 0 Å². The van der Waals surface area contributed by atoms with Gasteiger partial charge in [-0.05, 0) is 31.0 Å². The van der Waals surface area contributed by atoms with Crippen LogP contribution in [0.3, 0.4) is 0 Å². The highest BCUT2D eigenvalue weighted by Gasteiger charge is 2.33. The number of nitrogens with one attached hydrogen (secondary N) is 1. The second-order valence-electron chi connectivity index (χ2n) is 9.15. The Morgan fingerprint density at radius 1 is 0.974 bits per heavy atom. The lowest BCUT2D eigenvalue weighted by Gasteiger charge is -2.33. The summed E-state index contributed by atoms with van der Waals surface area (Å²) in [5, 5.41) is 14.1. The van der Waals surface area contributed by atoms with Crippen LogP contribution in [0.15, 0.2) is 78.9 Å². The van der Waals surface area contributed by atoms with Crippen molar-refractivity contribution in [3.05, 3.63) is 106 Å². The van der Waals surface area contributed by atoms with Gasteiger partial charge in [0, 0.05) is 31.6 Å². The van der Waals surface area contributed by atoms with Crippen molar-refractivity contribution in [2.24, 2.45) is 0 Å². The van der Waals surface area contributed by atoms with Gasteiger partial charge in [-0.3, -0.25) is 24.0 Å². The largest absolute Gasteiger partial charge is 0.355 e. The van der Waals surface area contributed by atoms with E-state index in [1.54, 1.807) is 6.92 Å². The summed E-state index contributed by atoms with van der Waals surface area (Å²) < 4.78 is 26.4. The summed E-state index contributed by atoms with van der Waals surface area (Å²) in [4.78, 5) is 39.2. The summed E-state index contributed by atoms with van der Waals surface area (Å²) in [5.41, 5.74) is 2.28. The van der Waals surface area contributed by atoms with E-state index in [0.29, 0.717) is 6.54 Å². The lowest BCUT2D eigenvalue weighted by molar-refractivity contribution is -0.384. The van der Waals surface area contributed by atoms with Crippen LogP contribution in [0, 0.1) is 17.0 Å². The minimum atomic E-state index is -4.02. The molecule has 0 fully saturated rings. The number of carbonyl (C=O) groups excluding carboxylic acids is 2. The van der Waals surface area contributed by atoms with Gasteiger partial charge in [0.2, 0.25) is 21.8 Å². The van der Waals surface area contributed by atoms with Crippen molar-refractivity contribution in [1.29, 1.82) is 0 Å². The topological polar surface area (TPSA) is 130 Å². The van der Waals surface area contributed by atoms with Crippen LogP contribution in [-0.4, -0.2) is 55.4 Å². The number of likely N-dealkylation sites (N-methyl/N-ethyl adjacent to an activating group) is 1. The van der Waals surface area contributed by atoms with Gasteiger partial charge in [0.25, 0.3) is 5.69 Å². The zero-order valence-electron chi connectivity index (χ0n) is 22.1. The average Bonchev–Trinajstić information content (AvgIpc) is 2.90. The quantitative estimate of drug-likeness (QED) is 0.271. The van der Waals surface area contributed by atoms with E-state index in [2.05, 4.69) is 5.32 Å². The minimum absolute atomic E-state index is 0.0204. The van der Waals surface area contributed by atoms with Crippen LogP contribution in [-0.2, 0) is 32.6 Å². The van der Waals surface area contributed by atoms with Crippen molar-refractivity contribution in [2.45, 2.75) is 32.9 Å². The zero-order valence-corrected chi connectivity index (χ0v) is 22.9. The zero-order chi connectivity index (χ0) is 28.6. The first-order valence-corrected chi connectivity index (χ1v) is 14.2. The number of rotatable bonds is 12. The van der Waals surface area contributed by atoms with Gasteiger partial charge in [0.05, 0.1) is 16.9 Å². The van der Waals surface area contributed by atoms with Crippen molar-refractivity contribution in [1.82, 2.24) is 10.2 Å². The van der Waals surface area contributed by atoms with E-state index in [4.69, 9.17) is 0 Å². The fourth-order valence-electron chi connectivity index (χ4n) is 4.11. The first-order valence-electron chi connectivity index (χ1n) is 12.4. The number of nitrogens with zero attached hydrogens (tertiary/aromatic N) is 3. The van der Waals surface area contributed by atoms with Gasteiger partial charge in [-0.1, -0.05) is 66.2 Å². The Morgan fingerprint density at radius 3 is 2.23 bits per heavy atom. The molecule has 11 heteroatoms. The molecule has 39 heavy (non-hydrogen) atoms. The number of hydrogen-bond donors (Lipinski definition) is 1. The lowest BCUT2D eigenvalue weighted by Crippen LogP contribution is -2.53. The molecule has 1 atom stereocenters. The third-order valence-corrected chi connectivity index (χ3v) is 7.24. The van der Waals surface area contributed by atoms with Crippen molar-refractivity contribution in [3.8, 4) is 0 Å². The summed E-state index contributed by atoms with van der Waals surface area (Å²) >= 11 is 0. The Kier molecular flexibility index (Phi) is 9.78. The third kappa shape index (κ3) is 8.11. The normalized spacial score (nSPS) is 11.9. The summed E-state index contributed by atoms with van der Waals surface area (Å²) in [6, 6.07) is 20.9. The molecule has 206 valence electrons. The van der Waals surface area contributed by atoms with Gasteiger partial charge in [0.15, 0.2) is 0 Å². The molecule has 0 bridgehead atoms. The number of nitro groups is 1. The van der Waals surface area contributed by atoms with Crippen LogP contribution in [0.2, 0.25) is 0 Å². The van der Waals surface area contributed by atoms with Gasteiger partial charge in [-0.25, -0.2) is 8.42 Å². The molecule has 0 aliphatic carbocycles. The molecule has 1 N–H and O–H groups in total. The third-order valence-electron chi connectivity index (χ3n) is 6.10. The highest BCUT2D eigenvalue weighted by atomic mass is 32.2. The molecule has 2 amide bonds. The van der Waals surface area contributed by atoms with Crippen LogP contribution in [0.5, 0.6) is 0 Å². The standard InChI is InChI=1S/C28H32N4O6S/c1-4-29-28(34)26(17-22-9-6-5-7-10-22)30(19-23-15-13-21(2)14-16-23)27(33)20-31(39(3,37)38)24-11-8-12-25(18-24)32(35)36/h5-16,18,26H,4,17,19-20H2,1-3H3,(H,29,34). The number of hydrogen-bond acceptors (Lipinski definition) is 6. The molecular weight excluding hydrogens is 520 g/mol. The van der Waals surface area contributed by atoms with E-state index in [9.17, 15) is 28.1 Å². The monoisotopic (exact) mass is 552 g/mol. The van der Waals surface area contributed by atoms with E-state index >= 15 is 0 Å². The predicted molar refractivity (Wildman–Crippen MR) is 150 cm³/mol. The number of aryl methyl sites for hydroxylation is 1. The molecule has 0 radical (unpaired) electrons. The fourth-order valence-corrected chi connectivity index (χ4v) is 4.95. The summed E-state index contributed by atoms with van der Waals surface area (Å²) in [6.07, 6.45) is 1.13. The Balaban J connectivity index is 2.05.